The molecular weight excluding hydrogens is 185 g/mol. The molecule has 1 aromatic carbocycles. The van der Waals surface area contributed by atoms with Crippen LogP contribution in [0.5, 0.6) is 0 Å². The minimum absolute atomic E-state index is 0.243. The third-order valence-electron chi connectivity index (χ3n) is 1.27. The predicted octanol–water partition coefficient (Wildman–Crippen LogP) is 1.98. The molecule has 0 heterocycles. The van der Waals surface area contributed by atoms with Crippen molar-refractivity contribution in [2.45, 2.75) is 0 Å². The van der Waals surface area contributed by atoms with Crippen LogP contribution in [0, 0.1) is 11.6 Å². The van der Waals surface area contributed by atoms with E-state index in [-0.39, 0.29) is 5.30 Å². The van der Waals surface area contributed by atoms with Gasteiger partial charge in [-0.15, -0.1) is 4.52 Å². The van der Waals surface area contributed by atoms with Crippen LogP contribution in [0.4, 0.5) is 8.78 Å². The van der Waals surface area contributed by atoms with E-state index in [1.807, 2.05) is 0 Å². The maximum atomic E-state index is 12.8. The van der Waals surface area contributed by atoms with E-state index < -0.39 is 19.7 Å². The largest absolute Gasteiger partial charge is 0.551 e. The third-order valence-corrected chi connectivity index (χ3v) is 2.34. The summed E-state index contributed by atoms with van der Waals surface area (Å²) in [4.78, 5) is 0. The first-order chi connectivity index (χ1) is 5.65. The average molecular weight is 191 g/mol. The van der Waals surface area contributed by atoms with Gasteiger partial charge in [0.2, 0.25) is 0 Å². The lowest BCUT2D eigenvalue weighted by Crippen LogP contribution is -2.04. The molecule has 64 valence electrons. The first kappa shape index (κ1) is 9.23. The van der Waals surface area contributed by atoms with Gasteiger partial charge in [0.15, 0.2) is 5.82 Å². The first-order valence-corrected chi connectivity index (χ1v) is 4.29. The molecular formula is C7H6F2O2P+. The van der Waals surface area contributed by atoms with E-state index in [1.165, 1.54) is 7.11 Å². The zero-order valence-electron chi connectivity index (χ0n) is 6.25. The molecule has 0 amide bonds. The summed E-state index contributed by atoms with van der Waals surface area (Å²) in [6, 6.07) is 2.73. The van der Waals surface area contributed by atoms with Gasteiger partial charge in [-0.25, -0.2) is 8.78 Å². The molecule has 5 heteroatoms. The Morgan fingerprint density at radius 1 is 1.42 bits per heavy atom. The maximum absolute atomic E-state index is 12.8. The van der Waals surface area contributed by atoms with Gasteiger partial charge in [0.25, 0.3) is 5.30 Å². The lowest BCUT2D eigenvalue weighted by molar-refractivity contribution is 0.422. The van der Waals surface area contributed by atoms with Crippen molar-refractivity contribution < 1.29 is 17.9 Å². The van der Waals surface area contributed by atoms with Crippen molar-refractivity contribution in [1.82, 2.24) is 0 Å². The zero-order valence-corrected chi connectivity index (χ0v) is 7.15. The highest BCUT2D eigenvalue weighted by molar-refractivity contribution is 7.48. The Morgan fingerprint density at radius 2 is 2.08 bits per heavy atom. The molecule has 1 atom stereocenters. The van der Waals surface area contributed by atoms with Crippen LogP contribution in [0.1, 0.15) is 0 Å². The van der Waals surface area contributed by atoms with Crippen molar-refractivity contribution in [2.24, 2.45) is 0 Å². The monoisotopic (exact) mass is 191 g/mol. The normalized spacial score (nSPS) is 11.4. The molecule has 0 bridgehead atoms. The molecule has 0 aliphatic rings. The molecule has 1 rings (SSSR count). The summed E-state index contributed by atoms with van der Waals surface area (Å²) in [6.45, 7) is 0. The standard InChI is InChI=1S/C7H6F2O2P/c1-11-12(10)7-4-5(8)2-3-6(7)9/h2-4H,1H3/q+1. The van der Waals surface area contributed by atoms with Gasteiger partial charge < -0.3 is 0 Å². The number of hydrogen-bond acceptors (Lipinski definition) is 2. The van der Waals surface area contributed by atoms with Crippen molar-refractivity contribution >= 4 is 13.3 Å². The molecule has 12 heavy (non-hydrogen) atoms. The molecule has 1 aromatic rings. The number of rotatable bonds is 2. The fraction of sp³-hybridized carbons (Fsp3) is 0.143. The summed E-state index contributed by atoms with van der Waals surface area (Å²) in [6.07, 6.45) is 0. The second-order valence-corrected chi connectivity index (χ2v) is 3.40. The number of halogens is 2. The van der Waals surface area contributed by atoms with Crippen molar-refractivity contribution in [3.63, 3.8) is 0 Å². The summed E-state index contributed by atoms with van der Waals surface area (Å²) in [5.41, 5.74) is 0. The van der Waals surface area contributed by atoms with Crippen molar-refractivity contribution in [3.05, 3.63) is 29.8 Å². The molecule has 0 saturated carbocycles. The van der Waals surface area contributed by atoms with Gasteiger partial charge in [0, 0.05) is 6.07 Å². The van der Waals surface area contributed by atoms with Gasteiger partial charge in [-0.1, -0.05) is 0 Å². The van der Waals surface area contributed by atoms with E-state index in [9.17, 15) is 13.3 Å². The molecule has 0 fully saturated rings. The summed E-state index contributed by atoms with van der Waals surface area (Å²) in [5, 5.41) is -0.243. The Kier molecular flexibility index (Phi) is 2.84. The smallest absolute Gasteiger partial charge is 0.207 e. The summed E-state index contributed by atoms with van der Waals surface area (Å²) in [5.74, 6) is -1.36. The van der Waals surface area contributed by atoms with Gasteiger partial charge in [-0.2, -0.15) is 0 Å². The summed E-state index contributed by atoms with van der Waals surface area (Å²) in [7, 11) is -1.11. The topological polar surface area (TPSA) is 26.3 Å². The lowest BCUT2D eigenvalue weighted by atomic mass is 10.3. The zero-order chi connectivity index (χ0) is 9.14. The highest BCUT2D eigenvalue weighted by Gasteiger charge is 2.25. The van der Waals surface area contributed by atoms with E-state index in [4.69, 9.17) is 0 Å². The molecule has 0 spiro atoms. The Hall–Kier alpha value is -0.860. The number of benzene rings is 1. The van der Waals surface area contributed by atoms with Gasteiger partial charge in [0.05, 0.1) is 7.11 Å². The molecule has 0 aliphatic heterocycles. The molecule has 0 aromatic heterocycles. The fourth-order valence-electron chi connectivity index (χ4n) is 0.724. The quantitative estimate of drug-likeness (QED) is 0.668. The van der Waals surface area contributed by atoms with E-state index in [1.54, 1.807) is 0 Å². The Bertz CT molecular complexity index is 314. The van der Waals surface area contributed by atoms with Crippen LogP contribution in [0.25, 0.3) is 0 Å². The van der Waals surface area contributed by atoms with Crippen LogP contribution >= 0.6 is 8.03 Å². The molecule has 0 radical (unpaired) electrons. The van der Waals surface area contributed by atoms with Crippen molar-refractivity contribution in [3.8, 4) is 0 Å². The van der Waals surface area contributed by atoms with Crippen molar-refractivity contribution in [1.29, 1.82) is 0 Å². The second-order valence-electron chi connectivity index (χ2n) is 2.04. The Labute approximate surface area is 69.0 Å². The van der Waals surface area contributed by atoms with Crippen molar-refractivity contribution in [2.75, 3.05) is 7.11 Å². The van der Waals surface area contributed by atoms with Gasteiger partial charge in [0.1, 0.15) is 5.82 Å². The van der Waals surface area contributed by atoms with E-state index in [2.05, 4.69) is 4.52 Å². The third kappa shape index (κ3) is 1.84. The van der Waals surface area contributed by atoms with Gasteiger partial charge in [-0.05, 0) is 16.7 Å². The van der Waals surface area contributed by atoms with E-state index in [0.717, 1.165) is 18.2 Å². The van der Waals surface area contributed by atoms with E-state index in [0.29, 0.717) is 0 Å². The lowest BCUT2D eigenvalue weighted by Gasteiger charge is -1.89. The fourth-order valence-corrected chi connectivity index (χ4v) is 1.40. The average Bonchev–Trinajstić information content (AvgIpc) is 2.08. The Morgan fingerprint density at radius 3 is 2.67 bits per heavy atom. The summed E-state index contributed by atoms with van der Waals surface area (Å²) < 4.78 is 40.6. The second kappa shape index (κ2) is 3.70. The van der Waals surface area contributed by atoms with Crippen LogP contribution in [0.15, 0.2) is 18.2 Å². The Balaban J connectivity index is 3.13. The molecule has 0 saturated heterocycles. The summed E-state index contributed by atoms with van der Waals surface area (Å²) >= 11 is 0. The highest BCUT2D eigenvalue weighted by Crippen LogP contribution is 2.21. The van der Waals surface area contributed by atoms with Crippen LogP contribution in [-0.2, 0) is 9.09 Å². The van der Waals surface area contributed by atoms with Crippen LogP contribution in [0.2, 0.25) is 0 Å². The first-order valence-electron chi connectivity index (χ1n) is 3.11. The van der Waals surface area contributed by atoms with Gasteiger partial charge >= 0.3 is 8.03 Å². The molecule has 0 aliphatic carbocycles. The van der Waals surface area contributed by atoms with Crippen LogP contribution in [0.3, 0.4) is 0 Å². The minimum atomic E-state index is -2.28. The minimum Gasteiger partial charge on any atom is -0.207 e. The maximum Gasteiger partial charge on any atom is 0.551 e. The van der Waals surface area contributed by atoms with Crippen LogP contribution < -0.4 is 5.30 Å². The highest BCUT2D eigenvalue weighted by atomic mass is 31.1. The van der Waals surface area contributed by atoms with Gasteiger partial charge in [-0.3, -0.25) is 0 Å². The SMILES string of the molecule is CO[P+](=O)c1cc(F)ccc1F. The predicted molar refractivity (Wildman–Crippen MR) is 40.6 cm³/mol. The van der Waals surface area contributed by atoms with Crippen LogP contribution in [-0.4, -0.2) is 7.11 Å². The molecule has 0 N–H and O–H groups in total. The molecule has 1 unspecified atom stereocenters. The molecule has 2 nitrogen and oxygen atoms in total. The number of hydrogen-bond donors (Lipinski definition) is 0. The van der Waals surface area contributed by atoms with E-state index >= 15 is 0 Å².